The second kappa shape index (κ2) is 5.16. The zero-order valence-corrected chi connectivity index (χ0v) is 10.4. The van der Waals surface area contributed by atoms with Crippen molar-refractivity contribution in [1.29, 1.82) is 0 Å². The fourth-order valence-corrected chi connectivity index (χ4v) is 2.44. The van der Waals surface area contributed by atoms with Gasteiger partial charge in [0.25, 0.3) is 0 Å². The number of hydrogen-bond donors (Lipinski definition) is 1. The van der Waals surface area contributed by atoms with Gasteiger partial charge in [0, 0.05) is 31.2 Å². The first kappa shape index (κ1) is 12.8. The fourth-order valence-electron chi connectivity index (χ4n) is 1.45. The van der Waals surface area contributed by atoms with E-state index in [4.69, 9.17) is 0 Å². The van der Waals surface area contributed by atoms with Crippen LogP contribution in [0.1, 0.15) is 6.92 Å². The summed E-state index contributed by atoms with van der Waals surface area (Å²) >= 11 is 0. The maximum atomic E-state index is 11.1. The Kier molecular flexibility index (Phi) is 4.12. The molecule has 0 aliphatic rings. The Bertz CT molecular complexity index is 450. The molecular formula is C10H17N3O2S. The van der Waals surface area contributed by atoms with E-state index in [1.165, 1.54) is 6.26 Å². The molecule has 16 heavy (non-hydrogen) atoms. The average Bonchev–Trinajstić information content (AvgIpc) is 2.50. The number of imidazole rings is 1. The smallest absolute Gasteiger partial charge is 0.203 e. The van der Waals surface area contributed by atoms with Gasteiger partial charge in [0.1, 0.15) is 9.84 Å². The Balaban J connectivity index is 2.65. The van der Waals surface area contributed by atoms with Crippen LogP contribution in [-0.4, -0.2) is 36.0 Å². The summed E-state index contributed by atoms with van der Waals surface area (Å²) in [7, 11) is -2.97. The van der Waals surface area contributed by atoms with Gasteiger partial charge in [-0.2, -0.15) is 0 Å². The lowest BCUT2D eigenvalue weighted by atomic mass is 10.4. The Hall–Kier alpha value is -1.30. The molecule has 0 aliphatic heterocycles. The molecule has 0 aliphatic carbocycles. The number of nitrogens with one attached hydrogen (secondary N) is 1. The predicted octanol–water partition coefficient (Wildman–Crippen LogP) is 0.914. The molecule has 90 valence electrons. The highest BCUT2D eigenvalue weighted by atomic mass is 32.2. The van der Waals surface area contributed by atoms with Crippen LogP contribution < -0.4 is 5.32 Å². The average molecular weight is 243 g/mol. The molecule has 0 fully saturated rings. The van der Waals surface area contributed by atoms with Crippen molar-refractivity contribution in [3.8, 4) is 0 Å². The zero-order chi connectivity index (χ0) is 12.2. The van der Waals surface area contributed by atoms with E-state index >= 15 is 0 Å². The van der Waals surface area contributed by atoms with Gasteiger partial charge in [-0.05, 0) is 6.92 Å². The number of aromatic nitrogens is 2. The number of allylic oxidation sites excluding steroid dienone is 1. The van der Waals surface area contributed by atoms with Gasteiger partial charge in [-0.1, -0.05) is 6.08 Å². The summed E-state index contributed by atoms with van der Waals surface area (Å²) in [6.07, 6.45) is 6.46. The van der Waals surface area contributed by atoms with Crippen molar-refractivity contribution < 1.29 is 8.42 Å². The number of anilines is 1. The molecule has 0 saturated carbocycles. The van der Waals surface area contributed by atoms with Gasteiger partial charge in [-0.25, -0.2) is 13.4 Å². The van der Waals surface area contributed by atoms with Gasteiger partial charge in [0.15, 0.2) is 0 Å². The van der Waals surface area contributed by atoms with E-state index in [1.807, 2.05) is 17.7 Å². The second-order valence-electron chi connectivity index (χ2n) is 3.83. The molecule has 1 aromatic heterocycles. The minimum atomic E-state index is -2.97. The van der Waals surface area contributed by atoms with Gasteiger partial charge in [0.05, 0.1) is 5.75 Å². The van der Waals surface area contributed by atoms with Crippen LogP contribution >= 0.6 is 0 Å². The first-order valence-electron chi connectivity index (χ1n) is 4.98. The molecule has 0 bridgehead atoms. The Morgan fingerprint density at radius 1 is 1.69 bits per heavy atom. The van der Waals surface area contributed by atoms with E-state index in [9.17, 15) is 8.42 Å². The Morgan fingerprint density at radius 3 is 2.94 bits per heavy atom. The van der Waals surface area contributed by atoms with Crippen molar-refractivity contribution in [2.75, 3.05) is 17.3 Å². The van der Waals surface area contributed by atoms with Crippen LogP contribution in [0.25, 0.3) is 0 Å². The molecule has 1 N–H and O–H groups in total. The lowest BCUT2D eigenvalue weighted by Gasteiger charge is -2.14. The monoisotopic (exact) mass is 243 g/mol. The summed E-state index contributed by atoms with van der Waals surface area (Å²) in [5, 5.41) is 3.06. The van der Waals surface area contributed by atoms with Crippen LogP contribution in [0.15, 0.2) is 25.0 Å². The lowest BCUT2D eigenvalue weighted by Crippen LogP contribution is -2.26. The molecule has 0 aromatic carbocycles. The van der Waals surface area contributed by atoms with Crippen molar-refractivity contribution in [1.82, 2.24) is 9.55 Å². The summed E-state index contributed by atoms with van der Waals surface area (Å²) in [6, 6.07) is -0.166. The summed E-state index contributed by atoms with van der Waals surface area (Å²) in [6.45, 7) is 6.10. The summed E-state index contributed by atoms with van der Waals surface area (Å²) in [4.78, 5) is 4.11. The first-order chi connectivity index (χ1) is 7.42. The van der Waals surface area contributed by atoms with Crippen molar-refractivity contribution in [3.05, 3.63) is 25.0 Å². The maximum Gasteiger partial charge on any atom is 0.203 e. The van der Waals surface area contributed by atoms with Crippen molar-refractivity contribution in [3.63, 3.8) is 0 Å². The van der Waals surface area contributed by atoms with Crippen molar-refractivity contribution in [2.24, 2.45) is 0 Å². The molecule has 1 heterocycles. The minimum absolute atomic E-state index is 0.0912. The highest BCUT2D eigenvalue weighted by molar-refractivity contribution is 7.90. The summed E-state index contributed by atoms with van der Waals surface area (Å²) < 4.78 is 24.1. The third-order valence-corrected chi connectivity index (χ3v) is 3.08. The number of hydrogen-bond acceptors (Lipinski definition) is 4. The van der Waals surface area contributed by atoms with Gasteiger partial charge in [-0.15, -0.1) is 6.58 Å². The quantitative estimate of drug-likeness (QED) is 0.754. The SMILES string of the molecule is C=CCn1ccnc1NC(C)CS(C)(=O)=O. The number of sulfone groups is 1. The Labute approximate surface area is 96.1 Å². The van der Waals surface area contributed by atoms with Crippen LogP contribution in [0.4, 0.5) is 5.95 Å². The van der Waals surface area contributed by atoms with Gasteiger partial charge < -0.3 is 9.88 Å². The third-order valence-electron chi connectivity index (χ3n) is 1.97. The molecule has 0 spiro atoms. The van der Waals surface area contributed by atoms with Crippen LogP contribution in [-0.2, 0) is 16.4 Å². The molecule has 1 atom stereocenters. The minimum Gasteiger partial charge on any atom is -0.352 e. The molecule has 0 amide bonds. The van der Waals surface area contributed by atoms with Crippen molar-refractivity contribution in [2.45, 2.75) is 19.5 Å². The van der Waals surface area contributed by atoms with Gasteiger partial charge >= 0.3 is 0 Å². The largest absolute Gasteiger partial charge is 0.352 e. The highest BCUT2D eigenvalue weighted by Crippen LogP contribution is 2.07. The topological polar surface area (TPSA) is 64.0 Å². The lowest BCUT2D eigenvalue weighted by molar-refractivity contribution is 0.597. The normalized spacial score (nSPS) is 13.4. The molecule has 1 unspecified atom stereocenters. The molecule has 1 rings (SSSR count). The van der Waals surface area contributed by atoms with Crippen LogP contribution in [0.3, 0.4) is 0 Å². The number of rotatable bonds is 6. The summed E-state index contributed by atoms with van der Waals surface area (Å²) in [5.74, 6) is 0.754. The van der Waals surface area contributed by atoms with E-state index in [0.29, 0.717) is 12.5 Å². The molecular weight excluding hydrogens is 226 g/mol. The van der Waals surface area contributed by atoms with Gasteiger partial charge in [0.2, 0.25) is 5.95 Å². The first-order valence-corrected chi connectivity index (χ1v) is 7.04. The van der Waals surface area contributed by atoms with E-state index in [-0.39, 0.29) is 11.8 Å². The third kappa shape index (κ3) is 4.06. The van der Waals surface area contributed by atoms with E-state index in [0.717, 1.165) is 0 Å². The molecule has 1 aromatic rings. The highest BCUT2D eigenvalue weighted by Gasteiger charge is 2.12. The van der Waals surface area contributed by atoms with E-state index < -0.39 is 9.84 Å². The fraction of sp³-hybridized carbons (Fsp3) is 0.500. The standard InChI is InChI=1S/C10H17N3O2S/c1-4-6-13-7-5-11-10(13)12-9(2)8-16(3,14)15/h4-5,7,9H,1,6,8H2,2-3H3,(H,11,12). The zero-order valence-electron chi connectivity index (χ0n) is 9.55. The molecule has 5 nitrogen and oxygen atoms in total. The molecule has 0 radical (unpaired) electrons. The molecule has 0 saturated heterocycles. The number of nitrogens with zero attached hydrogens (tertiary/aromatic N) is 2. The van der Waals surface area contributed by atoms with Crippen LogP contribution in [0.2, 0.25) is 0 Å². The van der Waals surface area contributed by atoms with E-state index in [1.54, 1.807) is 12.3 Å². The summed E-state index contributed by atoms with van der Waals surface area (Å²) in [5.41, 5.74) is 0. The second-order valence-corrected chi connectivity index (χ2v) is 6.01. The van der Waals surface area contributed by atoms with Crippen molar-refractivity contribution >= 4 is 15.8 Å². The van der Waals surface area contributed by atoms with E-state index in [2.05, 4.69) is 16.9 Å². The predicted molar refractivity (Wildman–Crippen MR) is 65.2 cm³/mol. The van der Waals surface area contributed by atoms with Gasteiger partial charge in [-0.3, -0.25) is 0 Å². The molecule has 6 heteroatoms. The Morgan fingerprint density at radius 2 is 2.38 bits per heavy atom. The van der Waals surface area contributed by atoms with Crippen LogP contribution in [0.5, 0.6) is 0 Å². The van der Waals surface area contributed by atoms with Crippen LogP contribution in [0, 0.1) is 0 Å². The maximum absolute atomic E-state index is 11.1.